The molecule has 0 saturated heterocycles. The average Bonchev–Trinajstić information content (AvgIpc) is 2.85. The van der Waals surface area contributed by atoms with Gasteiger partial charge in [0.2, 0.25) is 15.9 Å². The lowest BCUT2D eigenvalue weighted by Gasteiger charge is -2.23. The second-order valence-corrected chi connectivity index (χ2v) is 10.5. The Morgan fingerprint density at radius 2 is 1.65 bits per heavy atom. The summed E-state index contributed by atoms with van der Waals surface area (Å²) >= 11 is 1.65. The molecule has 34 heavy (non-hydrogen) atoms. The summed E-state index contributed by atoms with van der Waals surface area (Å²) in [5.74, 6) is 0.224. The molecule has 3 rings (SSSR count). The first-order valence-corrected chi connectivity index (χ1v) is 13.7. The van der Waals surface area contributed by atoms with Crippen LogP contribution in [0.1, 0.15) is 31.0 Å². The molecule has 0 aromatic heterocycles. The minimum atomic E-state index is -3.92. The number of nitrogens with one attached hydrogen (secondary N) is 1. The van der Waals surface area contributed by atoms with Gasteiger partial charge in [-0.15, -0.1) is 11.8 Å². The molecule has 1 amide bonds. The number of rotatable bonds is 11. The zero-order valence-electron chi connectivity index (χ0n) is 19.6. The van der Waals surface area contributed by atoms with Crippen molar-refractivity contribution in [2.24, 2.45) is 0 Å². The van der Waals surface area contributed by atoms with Crippen LogP contribution in [0.25, 0.3) is 0 Å². The summed E-state index contributed by atoms with van der Waals surface area (Å²) in [4.78, 5) is 14.2. The molecule has 1 N–H and O–H groups in total. The van der Waals surface area contributed by atoms with Crippen molar-refractivity contribution in [3.8, 4) is 5.75 Å². The summed E-state index contributed by atoms with van der Waals surface area (Å²) in [6.45, 7) is 4.03. The molecular formula is C26H30N2O4S2. The van der Waals surface area contributed by atoms with E-state index in [9.17, 15) is 13.2 Å². The molecule has 1 atom stereocenters. The Morgan fingerprint density at radius 3 is 2.24 bits per heavy atom. The number of carbonyl (C=O) groups is 1. The molecule has 0 spiro atoms. The zero-order chi connectivity index (χ0) is 24.6. The van der Waals surface area contributed by atoms with Gasteiger partial charge in [-0.3, -0.25) is 4.79 Å². The highest BCUT2D eigenvalue weighted by molar-refractivity contribution is 7.98. The molecule has 0 saturated carbocycles. The maximum atomic E-state index is 13.5. The van der Waals surface area contributed by atoms with Crippen LogP contribution in [0.5, 0.6) is 5.75 Å². The highest BCUT2D eigenvalue weighted by Gasteiger charge is 2.27. The van der Waals surface area contributed by atoms with Gasteiger partial charge < -0.3 is 10.1 Å². The number of hydrogen-bond donors (Lipinski definition) is 1. The SMILES string of the molecule is CCOc1ccc(S(=O)(=O)N(CC(=O)N[C@@H](C)c2ccc(SC)cc2)Cc2ccccc2)cc1. The van der Waals surface area contributed by atoms with Crippen LogP contribution in [0.3, 0.4) is 0 Å². The first-order valence-electron chi connectivity index (χ1n) is 11.0. The predicted octanol–water partition coefficient (Wildman–Crippen LogP) is 4.88. The van der Waals surface area contributed by atoms with Crippen molar-refractivity contribution in [2.45, 2.75) is 36.2 Å². The van der Waals surface area contributed by atoms with Gasteiger partial charge in [0.05, 0.1) is 24.1 Å². The van der Waals surface area contributed by atoms with Crippen molar-refractivity contribution in [1.82, 2.24) is 9.62 Å². The van der Waals surface area contributed by atoms with Gasteiger partial charge >= 0.3 is 0 Å². The normalized spacial score (nSPS) is 12.4. The molecule has 0 aliphatic heterocycles. The van der Waals surface area contributed by atoms with Gasteiger partial charge in [-0.05, 0) is 67.6 Å². The smallest absolute Gasteiger partial charge is 0.243 e. The van der Waals surface area contributed by atoms with Crippen LogP contribution in [0.2, 0.25) is 0 Å². The fourth-order valence-electron chi connectivity index (χ4n) is 3.46. The van der Waals surface area contributed by atoms with E-state index in [-0.39, 0.29) is 29.9 Å². The summed E-state index contributed by atoms with van der Waals surface area (Å²) in [5.41, 5.74) is 1.75. The molecule has 3 aromatic rings. The molecular weight excluding hydrogens is 468 g/mol. The average molecular weight is 499 g/mol. The largest absolute Gasteiger partial charge is 0.494 e. The number of hydrogen-bond acceptors (Lipinski definition) is 5. The van der Waals surface area contributed by atoms with Gasteiger partial charge in [0.25, 0.3) is 0 Å². The van der Waals surface area contributed by atoms with E-state index in [1.54, 1.807) is 23.9 Å². The summed E-state index contributed by atoms with van der Waals surface area (Å²) in [7, 11) is -3.92. The van der Waals surface area contributed by atoms with Gasteiger partial charge in [-0.2, -0.15) is 4.31 Å². The van der Waals surface area contributed by atoms with Crippen molar-refractivity contribution < 1.29 is 17.9 Å². The fraction of sp³-hybridized carbons (Fsp3) is 0.269. The lowest BCUT2D eigenvalue weighted by Crippen LogP contribution is -2.41. The molecule has 0 radical (unpaired) electrons. The standard InChI is InChI=1S/C26H30N2O4S2/c1-4-32-23-12-16-25(17-13-23)34(30,31)28(18-21-8-6-5-7-9-21)19-26(29)27-20(2)22-10-14-24(33-3)15-11-22/h5-17,20H,4,18-19H2,1-3H3,(H,27,29)/t20-/m0/s1. The van der Waals surface area contributed by atoms with Crippen molar-refractivity contribution in [3.05, 3.63) is 90.0 Å². The maximum absolute atomic E-state index is 13.5. The number of amides is 1. The molecule has 0 aliphatic rings. The lowest BCUT2D eigenvalue weighted by molar-refractivity contribution is -0.122. The quantitative estimate of drug-likeness (QED) is 0.382. The van der Waals surface area contributed by atoms with Crippen LogP contribution in [-0.4, -0.2) is 38.0 Å². The Balaban J connectivity index is 1.79. The van der Waals surface area contributed by atoms with E-state index >= 15 is 0 Å². The van der Waals surface area contributed by atoms with Crippen molar-refractivity contribution >= 4 is 27.7 Å². The third-order valence-electron chi connectivity index (χ3n) is 5.29. The summed E-state index contributed by atoms with van der Waals surface area (Å²) in [5, 5.41) is 2.93. The van der Waals surface area contributed by atoms with Gasteiger partial charge in [-0.25, -0.2) is 8.42 Å². The molecule has 180 valence electrons. The van der Waals surface area contributed by atoms with Crippen LogP contribution in [-0.2, 0) is 21.4 Å². The lowest BCUT2D eigenvalue weighted by atomic mass is 10.1. The van der Waals surface area contributed by atoms with E-state index in [4.69, 9.17) is 4.74 Å². The van der Waals surface area contributed by atoms with Gasteiger partial charge in [0, 0.05) is 11.4 Å². The molecule has 0 unspecified atom stereocenters. The van der Waals surface area contributed by atoms with E-state index in [1.807, 2.05) is 74.7 Å². The number of sulfonamides is 1. The molecule has 0 bridgehead atoms. The summed E-state index contributed by atoms with van der Waals surface area (Å²) < 4.78 is 33.6. The second-order valence-electron chi connectivity index (χ2n) is 7.73. The van der Waals surface area contributed by atoms with Crippen LogP contribution < -0.4 is 10.1 Å². The highest BCUT2D eigenvalue weighted by Crippen LogP contribution is 2.22. The fourth-order valence-corrected chi connectivity index (χ4v) is 5.25. The second kappa shape index (κ2) is 12.1. The van der Waals surface area contributed by atoms with Crippen LogP contribution >= 0.6 is 11.8 Å². The third kappa shape index (κ3) is 6.85. The first-order chi connectivity index (χ1) is 16.3. The summed E-state index contributed by atoms with van der Waals surface area (Å²) in [6, 6.07) is 23.2. The van der Waals surface area contributed by atoms with Crippen molar-refractivity contribution in [2.75, 3.05) is 19.4 Å². The highest BCUT2D eigenvalue weighted by atomic mass is 32.2. The zero-order valence-corrected chi connectivity index (χ0v) is 21.2. The number of carbonyl (C=O) groups excluding carboxylic acids is 1. The third-order valence-corrected chi connectivity index (χ3v) is 7.84. The first kappa shape index (κ1) is 25.8. The van der Waals surface area contributed by atoms with E-state index < -0.39 is 10.0 Å². The van der Waals surface area contributed by atoms with Gasteiger partial charge in [-0.1, -0.05) is 42.5 Å². The number of thioether (sulfide) groups is 1. The van der Waals surface area contributed by atoms with Crippen LogP contribution in [0.4, 0.5) is 0 Å². The van der Waals surface area contributed by atoms with Crippen molar-refractivity contribution in [1.29, 1.82) is 0 Å². The maximum Gasteiger partial charge on any atom is 0.243 e. The van der Waals surface area contributed by atoms with Gasteiger partial charge in [0.15, 0.2) is 0 Å². The Hall–Kier alpha value is -2.81. The summed E-state index contributed by atoms with van der Waals surface area (Å²) in [6.07, 6.45) is 2.01. The Bertz CT molecular complexity index is 1170. The monoisotopic (exact) mass is 498 g/mol. The Kier molecular flexibility index (Phi) is 9.15. The molecule has 8 heteroatoms. The predicted molar refractivity (Wildman–Crippen MR) is 136 cm³/mol. The molecule has 0 aliphatic carbocycles. The molecule has 0 heterocycles. The Morgan fingerprint density at radius 1 is 1.00 bits per heavy atom. The van der Waals surface area contributed by atoms with Crippen LogP contribution in [0, 0.1) is 0 Å². The molecule has 3 aromatic carbocycles. The van der Waals surface area contributed by atoms with Gasteiger partial charge in [0.1, 0.15) is 5.75 Å². The molecule has 0 fully saturated rings. The van der Waals surface area contributed by atoms with E-state index in [0.29, 0.717) is 12.4 Å². The molecule has 6 nitrogen and oxygen atoms in total. The van der Waals surface area contributed by atoms with E-state index in [2.05, 4.69) is 5.32 Å². The van der Waals surface area contributed by atoms with E-state index in [1.165, 1.54) is 16.4 Å². The minimum Gasteiger partial charge on any atom is -0.494 e. The Labute approximate surface area is 206 Å². The number of nitrogens with zero attached hydrogens (tertiary/aromatic N) is 1. The van der Waals surface area contributed by atoms with Crippen molar-refractivity contribution in [3.63, 3.8) is 0 Å². The number of ether oxygens (including phenoxy) is 1. The van der Waals surface area contributed by atoms with E-state index in [0.717, 1.165) is 16.0 Å². The minimum absolute atomic E-state index is 0.0839. The van der Waals surface area contributed by atoms with Crippen LogP contribution in [0.15, 0.2) is 88.7 Å². The topological polar surface area (TPSA) is 75.7 Å². The number of benzene rings is 3.